The van der Waals surface area contributed by atoms with E-state index in [4.69, 9.17) is 27.9 Å². The maximum Gasteiger partial charge on any atom is 0.337 e. The highest BCUT2D eigenvalue weighted by molar-refractivity contribution is 8.03. The summed E-state index contributed by atoms with van der Waals surface area (Å²) in [5.74, 6) is -1.46. The summed E-state index contributed by atoms with van der Waals surface area (Å²) >= 11 is 13.2. The summed E-state index contributed by atoms with van der Waals surface area (Å²) in [6, 6.07) is 16.0. The molecule has 1 atom stereocenters. The van der Waals surface area contributed by atoms with Crippen molar-refractivity contribution in [3.8, 4) is 6.07 Å². The predicted molar refractivity (Wildman–Crippen MR) is 136 cm³/mol. The molecule has 3 rings (SSSR count). The molecule has 34 heavy (non-hydrogen) atoms. The SMILES string of the molecule is C=CCOC(=O)C1=C(C)NC(SCC(=O)Nc2cccc(Cl)c2)=C(C#N)C1c1ccc(Cl)cc1. The zero-order valence-corrected chi connectivity index (χ0v) is 20.6. The topological polar surface area (TPSA) is 91.2 Å². The Bertz CT molecular complexity index is 1220. The molecule has 0 bridgehead atoms. The number of carbonyl (C=O) groups is 2. The number of nitrogens with zero attached hydrogens (tertiary/aromatic N) is 1. The third-order valence-corrected chi connectivity index (χ3v) is 6.36. The van der Waals surface area contributed by atoms with Crippen LogP contribution >= 0.6 is 35.0 Å². The van der Waals surface area contributed by atoms with Crippen molar-refractivity contribution in [3.63, 3.8) is 0 Å². The van der Waals surface area contributed by atoms with Crippen molar-refractivity contribution in [3.05, 3.63) is 98.7 Å². The maximum atomic E-state index is 12.9. The lowest BCUT2D eigenvalue weighted by Gasteiger charge is -2.29. The number of nitrogens with one attached hydrogen (secondary N) is 2. The van der Waals surface area contributed by atoms with E-state index in [0.717, 1.165) is 0 Å². The van der Waals surface area contributed by atoms with Crippen molar-refractivity contribution < 1.29 is 14.3 Å². The van der Waals surface area contributed by atoms with Gasteiger partial charge in [0.15, 0.2) is 0 Å². The highest BCUT2D eigenvalue weighted by atomic mass is 35.5. The van der Waals surface area contributed by atoms with E-state index in [1.165, 1.54) is 17.8 Å². The summed E-state index contributed by atoms with van der Waals surface area (Å²) in [4.78, 5) is 25.4. The monoisotopic (exact) mass is 513 g/mol. The Morgan fingerprint density at radius 2 is 1.97 bits per heavy atom. The molecule has 0 saturated heterocycles. The van der Waals surface area contributed by atoms with E-state index in [0.29, 0.717) is 43.2 Å². The molecule has 6 nitrogen and oxygen atoms in total. The molecule has 2 N–H and O–H groups in total. The third-order valence-electron chi connectivity index (χ3n) is 4.86. The van der Waals surface area contributed by atoms with E-state index >= 15 is 0 Å². The minimum absolute atomic E-state index is 0.0386. The van der Waals surface area contributed by atoms with Crippen molar-refractivity contribution >= 4 is 52.5 Å². The van der Waals surface area contributed by atoms with Gasteiger partial charge in [-0.05, 0) is 42.8 Å². The Morgan fingerprint density at radius 3 is 2.62 bits per heavy atom. The molecule has 174 valence electrons. The molecule has 9 heteroatoms. The number of hydrogen-bond donors (Lipinski definition) is 2. The number of benzene rings is 2. The summed E-state index contributed by atoms with van der Waals surface area (Å²) in [6.45, 7) is 5.34. The summed E-state index contributed by atoms with van der Waals surface area (Å²) in [5, 5.41) is 17.5. The van der Waals surface area contributed by atoms with Crippen molar-refractivity contribution in [2.75, 3.05) is 17.7 Å². The van der Waals surface area contributed by atoms with Gasteiger partial charge in [-0.3, -0.25) is 4.79 Å². The number of rotatable bonds is 8. The highest BCUT2D eigenvalue weighted by Crippen LogP contribution is 2.41. The number of thioether (sulfide) groups is 1. The number of dihydropyridines is 1. The first-order valence-corrected chi connectivity index (χ1v) is 11.9. The Labute approximate surface area is 212 Å². The number of hydrogen-bond acceptors (Lipinski definition) is 6. The minimum Gasteiger partial charge on any atom is -0.458 e. The zero-order chi connectivity index (χ0) is 24.7. The van der Waals surface area contributed by atoms with E-state index in [-0.39, 0.29) is 18.3 Å². The van der Waals surface area contributed by atoms with Gasteiger partial charge >= 0.3 is 5.97 Å². The average Bonchev–Trinajstić information content (AvgIpc) is 2.81. The number of carbonyl (C=O) groups excluding carboxylic acids is 2. The molecule has 0 fully saturated rings. The Balaban J connectivity index is 1.89. The van der Waals surface area contributed by atoms with Gasteiger partial charge in [0.1, 0.15) is 6.61 Å². The number of ether oxygens (including phenoxy) is 1. The Hall–Kier alpha value is -3.18. The summed E-state index contributed by atoms with van der Waals surface area (Å²) in [7, 11) is 0. The quantitative estimate of drug-likeness (QED) is 0.342. The van der Waals surface area contributed by atoms with Crippen LogP contribution in [-0.4, -0.2) is 24.2 Å². The van der Waals surface area contributed by atoms with Crippen molar-refractivity contribution in [2.45, 2.75) is 12.8 Å². The summed E-state index contributed by atoms with van der Waals surface area (Å²) in [6.07, 6.45) is 1.47. The van der Waals surface area contributed by atoms with Gasteiger partial charge in [-0.1, -0.05) is 65.8 Å². The van der Waals surface area contributed by atoms with Crippen LogP contribution in [0.2, 0.25) is 10.0 Å². The summed E-state index contributed by atoms with van der Waals surface area (Å²) < 4.78 is 5.28. The van der Waals surface area contributed by atoms with Crippen LogP contribution in [0.5, 0.6) is 0 Å². The molecule has 1 aliphatic rings. The van der Waals surface area contributed by atoms with Gasteiger partial charge in [0.25, 0.3) is 0 Å². The fourth-order valence-corrected chi connectivity index (χ4v) is 4.61. The van der Waals surface area contributed by atoms with Gasteiger partial charge < -0.3 is 15.4 Å². The lowest BCUT2D eigenvalue weighted by Crippen LogP contribution is -2.29. The molecule has 2 aromatic rings. The van der Waals surface area contributed by atoms with Gasteiger partial charge in [-0.25, -0.2) is 4.79 Å². The second kappa shape index (κ2) is 11.8. The average molecular weight is 514 g/mol. The van der Waals surface area contributed by atoms with Crippen LogP contribution in [0.3, 0.4) is 0 Å². The third kappa shape index (κ3) is 6.23. The van der Waals surface area contributed by atoms with Crippen LogP contribution in [0.25, 0.3) is 0 Å². The van der Waals surface area contributed by atoms with Crippen LogP contribution in [0, 0.1) is 11.3 Å². The van der Waals surface area contributed by atoms with E-state index < -0.39 is 11.9 Å². The van der Waals surface area contributed by atoms with Crippen molar-refractivity contribution in [2.24, 2.45) is 0 Å². The molecular formula is C25H21Cl2N3O3S. The number of anilines is 1. The molecule has 0 saturated carbocycles. The van der Waals surface area contributed by atoms with Crippen LogP contribution in [-0.2, 0) is 14.3 Å². The molecule has 1 unspecified atom stereocenters. The molecule has 1 heterocycles. The van der Waals surface area contributed by atoms with Crippen LogP contribution in [0.1, 0.15) is 18.4 Å². The normalized spacial score (nSPS) is 15.3. The second-order valence-corrected chi connectivity index (χ2v) is 9.10. The zero-order valence-electron chi connectivity index (χ0n) is 18.2. The van der Waals surface area contributed by atoms with Gasteiger partial charge in [0, 0.05) is 21.4 Å². The molecule has 0 aromatic heterocycles. The van der Waals surface area contributed by atoms with Gasteiger partial charge in [0.05, 0.1) is 33.9 Å². The summed E-state index contributed by atoms with van der Waals surface area (Å²) in [5.41, 5.74) is 2.43. The molecule has 2 aromatic carbocycles. The number of amides is 1. The van der Waals surface area contributed by atoms with Crippen molar-refractivity contribution in [1.29, 1.82) is 5.26 Å². The van der Waals surface area contributed by atoms with E-state index in [2.05, 4.69) is 23.3 Å². The predicted octanol–water partition coefficient (Wildman–Crippen LogP) is 5.79. The molecule has 1 amide bonds. The molecular weight excluding hydrogens is 493 g/mol. The smallest absolute Gasteiger partial charge is 0.337 e. The largest absolute Gasteiger partial charge is 0.458 e. The number of esters is 1. The Kier molecular flexibility index (Phi) is 8.83. The van der Waals surface area contributed by atoms with Gasteiger partial charge in [-0.2, -0.15) is 5.26 Å². The Morgan fingerprint density at radius 1 is 1.24 bits per heavy atom. The first kappa shape index (κ1) is 25.4. The van der Waals surface area contributed by atoms with Crippen LogP contribution in [0.4, 0.5) is 5.69 Å². The fraction of sp³-hybridized carbons (Fsp3) is 0.160. The molecule has 1 aliphatic heterocycles. The van der Waals surface area contributed by atoms with E-state index in [9.17, 15) is 14.9 Å². The van der Waals surface area contributed by atoms with Gasteiger partial charge in [-0.15, -0.1) is 0 Å². The fourth-order valence-electron chi connectivity index (χ4n) is 3.40. The molecule has 0 aliphatic carbocycles. The molecule has 0 radical (unpaired) electrons. The highest BCUT2D eigenvalue weighted by Gasteiger charge is 2.35. The van der Waals surface area contributed by atoms with E-state index in [1.807, 2.05) is 0 Å². The maximum absolute atomic E-state index is 12.9. The number of nitriles is 1. The minimum atomic E-state index is -0.681. The van der Waals surface area contributed by atoms with Gasteiger partial charge in [0.2, 0.25) is 5.91 Å². The lowest BCUT2D eigenvalue weighted by molar-refractivity contribution is -0.138. The standard InChI is InChI=1S/C25H21Cl2N3O3S/c1-3-11-33-25(32)22-15(2)29-24(20(13-28)23(22)16-7-9-17(26)10-8-16)34-14-21(31)30-19-6-4-5-18(27)12-19/h3-10,12,23,29H,1,11,14H2,2H3,(H,30,31). The van der Waals surface area contributed by atoms with E-state index in [1.54, 1.807) is 55.5 Å². The van der Waals surface area contributed by atoms with Crippen LogP contribution < -0.4 is 10.6 Å². The number of halogens is 2. The molecule has 0 spiro atoms. The van der Waals surface area contributed by atoms with Crippen molar-refractivity contribution in [1.82, 2.24) is 5.32 Å². The number of allylic oxidation sites excluding steroid dienone is 2. The van der Waals surface area contributed by atoms with Crippen LogP contribution in [0.15, 0.2) is 83.1 Å². The lowest BCUT2D eigenvalue weighted by atomic mass is 9.82. The first-order valence-electron chi connectivity index (χ1n) is 10.2. The second-order valence-electron chi connectivity index (χ2n) is 7.24. The first-order chi connectivity index (χ1) is 16.3.